The molecule has 0 N–H and O–H groups in total. The van der Waals surface area contributed by atoms with Crippen LogP contribution in [0.2, 0.25) is 0 Å². The number of carbonyl (C=O) groups excluding carboxylic acids is 1. The van der Waals surface area contributed by atoms with Crippen molar-refractivity contribution in [3.8, 4) is 11.5 Å². The Morgan fingerprint density at radius 2 is 1.64 bits per heavy atom. The van der Waals surface area contributed by atoms with Crippen LogP contribution in [0.1, 0.15) is 21.9 Å². The van der Waals surface area contributed by atoms with E-state index < -0.39 is 0 Å². The van der Waals surface area contributed by atoms with E-state index in [-0.39, 0.29) is 11.8 Å². The van der Waals surface area contributed by atoms with E-state index in [1.807, 2.05) is 67.7 Å². The lowest BCUT2D eigenvalue weighted by atomic mass is 9.87. The predicted octanol–water partition coefficient (Wildman–Crippen LogP) is 5.41. The van der Waals surface area contributed by atoms with Crippen molar-refractivity contribution < 1.29 is 9.53 Å². The maximum absolute atomic E-state index is 13.3. The smallest absolute Gasteiger partial charge is 0.234 e. The van der Waals surface area contributed by atoms with Gasteiger partial charge >= 0.3 is 0 Å². The molecule has 1 aliphatic heterocycles. The van der Waals surface area contributed by atoms with Crippen LogP contribution < -0.4 is 4.74 Å². The van der Waals surface area contributed by atoms with Crippen molar-refractivity contribution in [1.29, 1.82) is 0 Å². The second kappa shape index (κ2) is 6.65. The van der Waals surface area contributed by atoms with Gasteiger partial charge < -0.3 is 9.64 Å². The summed E-state index contributed by atoms with van der Waals surface area (Å²) < 4.78 is 7.06. The molecule has 1 aromatic heterocycles. The van der Waals surface area contributed by atoms with Crippen molar-refractivity contribution in [1.82, 2.24) is 4.90 Å². The molecule has 0 spiro atoms. The quantitative estimate of drug-likeness (QED) is 0.574. The number of hydrogen-bond acceptors (Lipinski definition) is 3. The van der Waals surface area contributed by atoms with Gasteiger partial charge in [-0.2, -0.15) is 0 Å². The number of hydrogen-bond donors (Lipinski definition) is 0. The third-order valence-corrected chi connectivity index (χ3v) is 5.93. The highest BCUT2D eigenvalue weighted by molar-refractivity contribution is 9.11. The van der Waals surface area contributed by atoms with Crippen LogP contribution in [0.15, 0.2) is 64.5 Å². The monoisotopic (exact) mass is 413 g/mol. The van der Waals surface area contributed by atoms with Crippen LogP contribution in [0.3, 0.4) is 0 Å². The van der Waals surface area contributed by atoms with Gasteiger partial charge in [0.15, 0.2) is 0 Å². The maximum Gasteiger partial charge on any atom is 0.234 e. The minimum atomic E-state index is -0.338. The molecule has 3 aromatic rings. The summed E-state index contributed by atoms with van der Waals surface area (Å²) in [5.74, 6) is 1.25. The number of likely N-dealkylation sites (N-methyl/N-ethyl adjacent to an activating group) is 1. The topological polar surface area (TPSA) is 29.5 Å². The van der Waals surface area contributed by atoms with E-state index in [1.165, 1.54) is 0 Å². The first kappa shape index (κ1) is 16.4. The third-order valence-electron chi connectivity index (χ3n) is 4.32. The Morgan fingerprint density at radius 1 is 1.04 bits per heavy atom. The number of para-hydroxylation sites is 2. The molecular weight excluding hydrogens is 398 g/mol. The summed E-state index contributed by atoms with van der Waals surface area (Å²) in [5, 5.41) is 0. The fourth-order valence-corrected chi connectivity index (χ4v) is 4.68. The Kier molecular flexibility index (Phi) is 4.36. The summed E-state index contributed by atoms with van der Waals surface area (Å²) in [6, 6.07) is 19.6. The van der Waals surface area contributed by atoms with Crippen molar-refractivity contribution in [3.05, 3.63) is 80.5 Å². The molecule has 25 heavy (non-hydrogen) atoms. The van der Waals surface area contributed by atoms with Gasteiger partial charge in [-0.1, -0.05) is 36.4 Å². The van der Waals surface area contributed by atoms with Crippen LogP contribution in [0, 0.1) is 0 Å². The van der Waals surface area contributed by atoms with Gasteiger partial charge in [0.05, 0.1) is 16.2 Å². The highest BCUT2D eigenvalue weighted by atomic mass is 79.9. The van der Waals surface area contributed by atoms with Crippen molar-refractivity contribution in [2.75, 3.05) is 7.05 Å². The first-order chi connectivity index (χ1) is 12.1. The van der Waals surface area contributed by atoms with Gasteiger partial charge in [0.1, 0.15) is 11.5 Å². The first-order valence-corrected chi connectivity index (χ1v) is 9.59. The van der Waals surface area contributed by atoms with Gasteiger partial charge in [0, 0.05) is 23.1 Å². The first-order valence-electron chi connectivity index (χ1n) is 7.98. The lowest BCUT2D eigenvalue weighted by Gasteiger charge is -2.30. The average Bonchev–Trinajstić information content (AvgIpc) is 3.03. The molecular formula is C20H16BrNO2S. The molecule has 2 aromatic carbocycles. The van der Waals surface area contributed by atoms with Gasteiger partial charge in [-0.05, 0) is 40.2 Å². The molecule has 0 atom stereocenters. The zero-order valence-electron chi connectivity index (χ0n) is 13.6. The van der Waals surface area contributed by atoms with Crippen molar-refractivity contribution in [2.24, 2.45) is 0 Å². The minimum absolute atomic E-state index is 0.0766. The van der Waals surface area contributed by atoms with E-state index >= 15 is 0 Å². The molecule has 0 bridgehead atoms. The average molecular weight is 414 g/mol. The van der Waals surface area contributed by atoms with E-state index in [2.05, 4.69) is 15.9 Å². The number of fused-ring (bicyclic) bond motifs is 2. The lowest BCUT2D eigenvalue weighted by Crippen LogP contribution is -2.33. The summed E-state index contributed by atoms with van der Waals surface area (Å²) in [7, 11) is 1.86. The summed E-state index contributed by atoms with van der Waals surface area (Å²) in [6.07, 6.45) is 0. The Bertz CT molecular complexity index is 891. The number of halogens is 1. The van der Waals surface area contributed by atoms with Crippen LogP contribution in [-0.4, -0.2) is 17.9 Å². The Hall–Kier alpha value is -2.11. The van der Waals surface area contributed by atoms with Gasteiger partial charge in [-0.3, -0.25) is 4.79 Å². The second-order valence-electron chi connectivity index (χ2n) is 6.01. The Morgan fingerprint density at radius 3 is 2.20 bits per heavy atom. The molecule has 0 unspecified atom stereocenters. The van der Waals surface area contributed by atoms with Gasteiger partial charge in [0.25, 0.3) is 0 Å². The van der Waals surface area contributed by atoms with E-state index in [9.17, 15) is 4.79 Å². The van der Waals surface area contributed by atoms with Crippen LogP contribution in [0.4, 0.5) is 0 Å². The standard InChI is InChI=1S/C20H16BrNO2S/c1-22(12-13-10-11-18(21)25-13)20(23)19-14-6-2-4-8-16(14)24-17-9-5-3-7-15(17)19/h2-11,19H,12H2,1H3. The largest absolute Gasteiger partial charge is 0.457 e. The van der Waals surface area contributed by atoms with Gasteiger partial charge in [-0.15, -0.1) is 11.3 Å². The Balaban J connectivity index is 1.70. The predicted molar refractivity (Wildman–Crippen MR) is 103 cm³/mol. The number of benzene rings is 2. The van der Waals surface area contributed by atoms with E-state index in [0.29, 0.717) is 6.54 Å². The fourth-order valence-electron chi connectivity index (χ4n) is 3.14. The molecule has 4 rings (SSSR count). The molecule has 1 aliphatic rings. The van der Waals surface area contributed by atoms with Crippen LogP contribution in [-0.2, 0) is 11.3 Å². The number of ether oxygens (including phenoxy) is 1. The third kappa shape index (κ3) is 3.10. The molecule has 0 saturated carbocycles. The summed E-state index contributed by atoms with van der Waals surface area (Å²) in [6.45, 7) is 0.594. The lowest BCUT2D eigenvalue weighted by molar-refractivity contribution is -0.131. The van der Waals surface area contributed by atoms with Crippen molar-refractivity contribution in [2.45, 2.75) is 12.5 Å². The second-order valence-corrected chi connectivity index (χ2v) is 8.56. The number of amides is 1. The van der Waals surface area contributed by atoms with E-state index in [0.717, 1.165) is 31.3 Å². The highest BCUT2D eigenvalue weighted by Gasteiger charge is 2.34. The zero-order chi connectivity index (χ0) is 17.4. The molecule has 1 amide bonds. The number of rotatable bonds is 3. The molecule has 0 saturated heterocycles. The fraction of sp³-hybridized carbons (Fsp3) is 0.150. The van der Waals surface area contributed by atoms with Crippen LogP contribution in [0.5, 0.6) is 11.5 Å². The number of thiophene rings is 1. The molecule has 0 aliphatic carbocycles. The molecule has 0 fully saturated rings. The SMILES string of the molecule is CN(Cc1ccc(Br)s1)C(=O)C1c2ccccc2Oc2ccccc21. The maximum atomic E-state index is 13.3. The van der Waals surface area contributed by atoms with Gasteiger partial charge in [-0.25, -0.2) is 0 Å². The van der Waals surface area contributed by atoms with Crippen LogP contribution >= 0.6 is 27.3 Å². The normalized spacial score (nSPS) is 12.9. The molecule has 3 nitrogen and oxygen atoms in total. The van der Waals surface area contributed by atoms with E-state index in [1.54, 1.807) is 16.2 Å². The summed E-state index contributed by atoms with van der Waals surface area (Å²) in [5.41, 5.74) is 1.84. The zero-order valence-corrected chi connectivity index (χ0v) is 16.0. The van der Waals surface area contributed by atoms with E-state index in [4.69, 9.17) is 4.74 Å². The van der Waals surface area contributed by atoms with Crippen LogP contribution in [0.25, 0.3) is 0 Å². The van der Waals surface area contributed by atoms with Crippen molar-refractivity contribution >= 4 is 33.2 Å². The highest BCUT2D eigenvalue weighted by Crippen LogP contribution is 2.44. The summed E-state index contributed by atoms with van der Waals surface area (Å²) >= 11 is 5.13. The number of nitrogens with zero attached hydrogens (tertiary/aromatic N) is 1. The molecule has 5 heteroatoms. The Labute approximate surface area is 159 Å². The van der Waals surface area contributed by atoms with Gasteiger partial charge in [0.2, 0.25) is 5.91 Å². The number of carbonyl (C=O) groups is 1. The minimum Gasteiger partial charge on any atom is -0.457 e. The molecule has 126 valence electrons. The summed E-state index contributed by atoms with van der Waals surface area (Å²) in [4.78, 5) is 16.2. The van der Waals surface area contributed by atoms with Crippen molar-refractivity contribution in [3.63, 3.8) is 0 Å². The molecule has 2 heterocycles. The molecule has 0 radical (unpaired) electrons.